The van der Waals surface area contributed by atoms with E-state index in [2.05, 4.69) is 43.1 Å². The molecule has 17 bridgehead atoms. The van der Waals surface area contributed by atoms with Gasteiger partial charge in [-0.25, -0.2) is 57.5 Å². The minimum absolute atomic E-state index is 0.242. The molecule has 7 N–H and O–H groups in total. The first kappa shape index (κ1) is 62.2. The lowest BCUT2D eigenvalue weighted by Crippen LogP contribution is -2.69. The summed E-state index contributed by atoms with van der Waals surface area (Å²) in [5.74, 6) is 0.0622. The van der Waals surface area contributed by atoms with Gasteiger partial charge in [0.2, 0.25) is 19.2 Å². The Kier molecular flexibility index (Phi) is 13.4. The molecule has 15 atom stereocenters. The Labute approximate surface area is 571 Å². The Bertz CT molecular complexity index is 3800. The van der Waals surface area contributed by atoms with Crippen LogP contribution in [0.15, 0.2) is 0 Å². The van der Waals surface area contributed by atoms with Crippen LogP contribution in [0, 0.1) is 12.3 Å². The van der Waals surface area contributed by atoms with Gasteiger partial charge in [-0.15, -0.1) is 6.42 Å². The fourth-order valence-corrected chi connectivity index (χ4v) is 18.2. The molecule has 18 fully saturated rings. The maximum atomic E-state index is 15.9. The minimum atomic E-state index is -2.34. The van der Waals surface area contributed by atoms with Crippen molar-refractivity contribution in [2.24, 2.45) is 0 Å². The number of hydrogen-bond acceptors (Lipinski definition) is 21. The molecular formula is C53H70N32O16. The summed E-state index contributed by atoms with van der Waals surface area (Å²) in [6, 6.07) is -11.8. The van der Waals surface area contributed by atoms with Gasteiger partial charge in [-0.05, 0) is 13.8 Å². The molecule has 18 saturated heterocycles. The molecule has 27 amide bonds. The molecule has 538 valence electrons. The van der Waals surface area contributed by atoms with E-state index in [1.807, 2.05) is 0 Å². The molecule has 101 heavy (non-hydrogen) atoms. The maximum Gasteiger partial charge on any atom is 0.328 e. The SMILES string of the molecule is C#CCOC12C3N4CNC(=O)N5CN6C(=O)N7CN(C=O)C8C9NCN(C)C(=O)N%10CNC(=O)N%11CN%12C(=O)N%13CN%14C(=O)N(CN1C4=O)C1C%14N4CNC%13C%12N(C=O)CN%12C(=O)N(CNC%10C(C)N(C=O)CN9C(=O)N8CNC7C6NCN6C(=O)N(CN3C(=O)N2CN1C4=O)C(C)C56)CC%11%12. The monoisotopic (exact) mass is 1410 g/mol. The van der Waals surface area contributed by atoms with Crippen molar-refractivity contribution >= 4 is 91.6 Å². The maximum absolute atomic E-state index is 15.9. The number of fused-ring (bicyclic) bond motifs is 12. The zero-order chi connectivity index (χ0) is 70.2. The van der Waals surface area contributed by atoms with E-state index in [1.165, 1.54) is 115 Å². The lowest BCUT2D eigenvalue weighted by molar-refractivity contribution is -0.225. The van der Waals surface area contributed by atoms with Crippen LogP contribution in [0.5, 0.6) is 0 Å². The van der Waals surface area contributed by atoms with Crippen LogP contribution in [-0.2, 0) is 19.1 Å². The summed E-state index contributed by atoms with van der Waals surface area (Å²) in [7, 11) is 1.42. The third-order valence-corrected chi connectivity index (χ3v) is 23.0. The molecule has 18 heterocycles. The number of nitrogens with zero attached hydrogens (tertiary/aromatic N) is 25. The Morgan fingerprint density at radius 2 is 0.842 bits per heavy atom. The van der Waals surface area contributed by atoms with Crippen molar-refractivity contribution in [3.8, 4) is 12.3 Å². The molecule has 48 heteroatoms. The molecule has 18 rings (SSSR count). The third-order valence-electron chi connectivity index (χ3n) is 23.0. The van der Waals surface area contributed by atoms with Crippen molar-refractivity contribution in [3.63, 3.8) is 0 Å². The number of nitrogens with one attached hydrogen (secondary N) is 7. The molecule has 0 radical (unpaired) electrons. The van der Waals surface area contributed by atoms with Crippen LogP contribution >= 0.6 is 0 Å². The highest BCUT2D eigenvalue weighted by Gasteiger charge is 2.76. The summed E-state index contributed by atoms with van der Waals surface area (Å²) in [5, 5.41) is 22.0. The molecule has 18 aliphatic heterocycles. The fourth-order valence-electron chi connectivity index (χ4n) is 18.2. The van der Waals surface area contributed by atoms with Crippen LogP contribution < -0.4 is 37.2 Å². The van der Waals surface area contributed by atoms with Crippen molar-refractivity contribution in [2.75, 3.05) is 127 Å². The van der Waals surface area contributed by atoms with Gasteiger partial charge in [-0.3, -0.25) is 139 Å². The van der Waals surface area contributed by atoms with Crippen molar-refractivity contribution < 1.29 is 76.7 Å². The fraction of sp³-hybridized carbons (Fsp3) is 0.679. The predicted octanol–water partition coefficient (Wildman–Crippen LogP) is -9.24. The van der Waals surface area contributed by atoms with Gasteiger partial charge >= 0.3 is 72.4 Å². The van der Waals surface area contributed by atoms with Crippen LogP contribution in [0.25, 0.3) is 0 Å². The van der Waals surface area contributed by atoms with Crippen LogP contribution in [0.2, 0.25) is 0 Å². The molecule has 15 unspecified atom stereocenters. The molecule has 0 aromatic rings. The Balaban J connectivity index is 0.779. The van der Waals surface area contributed by atoms with Gasteiger partial charge in [0.05, 0.1) is 72.0 Å². The van der Waals surface area contributed by atoms with Gasteiger partial charge in [0, 0.05) is 7.05 Å². The van der Waals surface area contributed by atoms with Crippen LogP contribution in [0.1, 0.15) is 13.8 Å². The van der Waals surface area contributed by atoms with Crippen molar-refractivity contribution in [1.29, 1.82) is 0 Å². The largest absolute Gasteiger partial charge is 0.328 e. The standard InChI is InChI=1S/C53H70N32O16/c1-5-6-101-53-40-70-14-60-42(90)78-20-76-32-31-57-11-68-36(65(26-88)17-74(31)48(76)96)33-54-8-61(4)43(91)66-13-59-41(89)72-19-79-37(64(25-87)16-73-29(72)7-62(44(73)92)9-55-30(66)27(2)63(24-86)15-75(33)46(68)94)34-58-12-69-38-39(82(23-84(53)51(70)99)50(98)80(38)21-77(34)49(79)97)81(47(69)95)22-85(53)52(100)83(40)18-71-28(3)35(78)67(10-56-32)45(71)93/h1,24-40,54-58H,6-23H2,2-4H3,(H,59,89)(H,60,90). The number of rotatable bonds is 5. The number of urea groups is 12. The quantitative estimate of drug-likeness (QED) is 0.0993. The molecule has 0 aliphatic carbocycles. The van der Waals surface area contributed by atoms with E-state index in [0.717, 1.165) is 14.7 Å². The van der Waals surface area contributed by atoms with Crippen LogP contribution in [0.3, 0.4) is 0 Å². The van der Waals surface area contributed by atoms with Gasteiger partial charge in [-0.2, -0.15) is 0 Å². The normalized spacial score (nSPS) is 36.5. The summed E-state index contributed by atoms with van der Waals surface area (Å²) in [6.07, 6.45) is -8.21. The van der Waals surface area contributed by atoms with Gasteiger partial charge in [0.15, 0.2) is 18.5 Å². The lowest BCUT2D eigenvalue weighted by Gasteiger charge is -2.47. The van der Waals surface area contributed by atoms with Gasteiger partial charge in [0.1, 0.15) is 115 Å². The summed E-state index contributed by atoms with van der Waals surface area (Å²) < 4.78 is 6.61. The van der Waals surface area contributed by atoms with Gasteiger partial charge < -0.3 is 39.9 Å². The highest BCUT2D eigenvalue weighted by Crippen LogP contribution is 2.50. The van der Waals surface area contributed by atoms with Crippen molar-refractivity contribution in [1.82, 2.24) is 160 Å². The molecule has 48 nitrogen and oxygen atoms in total. The first-order valence-corrected chi connectivity index (χ1v) is 32.8. The van der Waals surface area contributed by atoms with Gasteiger partial charge in [-0.1, -0.05) is 5.92 Å². The highest BCUT2D eigenvalue weighted by molar-refractivity contribution is 5.92. The number of ether oxygens (including phenoxy) is 1. The average Bonchev–Trinajstić information content (AvgIpc) is 1.52. The van der Waals surface area contributed by atoms with E-state index in [4.69, 9.17) is 11.2 Å². The van der Waals surface area contributed by atoms with E-state index < -0.39 is 251 Å². The topological polar surface area (TPSA) is 430 Å². The average molecular weight is 1410 g/mol. The molecular weight excluding hydrogens is 1340 g/mol. The summed E-state index contributed by atoms with van der Waals surface area (Å²) in [6.45, 7) is -6.26. The Morgan fingerprint density at radius 3 is 1.51 bits per heavy atom. The van der Waals surface area contributed by atoms with Gasteiger partial charge in [0.25, 0.3) is 5.85 Å². The first-order valence-electron chi connectivity index (χ1n) is 32.8. The highest BCUT2D eigenvalue weighted by atomic mass is 16.6. The molecule has 0 spiro atoms. The van der Waals surface area contributed by atoms with Crippen molar-refractivity contribution in [2.45, 2.75) is 106 Å². The van der Waals surface area contributed by atoms with E-state index in [-0.39, 0.29) is 33.2 Å². The number of carbonyl (C=O) groups excluding carboxylic acids is 15. The van der Waals surface area contributed by atoms with E-state index in [1.54, 1.807) is 13.8 Å². The number of amides is 27. The zero-order valence-corrected chi connectivity index (χ0v) is 54.3. The second kappa shape index (κ2) is 21.7. The van der Waals surface area contributed by atoms with Crippen molar-refractivity contribution in [3.05, 3.63) is 0 Å². The zero-order valence-electron chi connectivity index (χ0n) is 54.3. The molecule has 0 aromatic carbocycles. The number of carbonyl (C=O) groups is 15. The minimum Gasteiger partial charge on any atom is -0.321 e. The van der Waals surface area contributed by atoms with E-state index in [0.29, 0.717) is 19.2 Å². The predicted molar refractivity (Wildman–Crippen MR) is 321 cm³/mol. The summed E-state index contributed by atoms with van der Waals surface area (Å²) >= 11 is 0. The Hall–Kier alpha value is -11.0. The molecule has 18 aliphatic rings. The summed E-state index contributed by atoms with van der Waals surface area (Å²) in [4.78, 5) is 258. The lowest BCUT2D eigenvalue weighted by atomic mass is 10.2. The van der Waals surface area contributed by atoms with Crippen LogP contribution in [0.4, 0.5) is 57.5 Å². The second-order valence-electron chi connectivity index (χ2n) is 27.6. The molecule has 0 saturated carbocycles. The molecule has 0 aromatic heterocycles. The second-order valence-corrected chi connectivity index (χ2v) is 27.6. The first-order chi connectivity index (χ1) is 48.6. The smallest absolute Gasteiger partial charge is 0.321 e. The number of terminal acetylenes is 1. The summed E-state index contributed by atoms with van der Waals surface area (Å²) in [5.41, 5.74) is 0. The van der Waals surface area contributed by atoms with E-state index in [9.17, 15) is 14.4 Å². The third kappa shape index (κ3) is 8.06. The van der Waals surface area contributed by atoms with Crippen LogP contribution in [-0.4, -0.2) is 433 Å². The van der Waals surface area contributed by atoms with E-state index >= 15 is 57.5 Å². The Morgan fingerprint density at radius 1 is 0.396 bits per heavy atom. The number of hydrogen-bond donors (Lipinski definition) is 7.